The Balaban J connectivity index is 0. The number of rotatable bonds is 2. The Hall–Kier alpha value is 0.0201. The van der Waals surface area contributed by atoms with E-state index in [9.17, 15) is 0 Å². The molecule has 92 valence electrons. The van der Waals surface area contributed by atoms with Crippen molar-refractivity contribution in [3.05, 3.63) is 53.6 Å². The van der Waals surface area contributed by atoms with Gasteiger partial charge in [0.05, 0.1) is 0 Å². The van der Waals surface area contributed by atoms with Gasteiger partial charge in [-0.1, -0.05) is 37.1 Å². The van der Waals surface area contributed by atoms with Crippen LogP contribution in [0, 0.1) is 6.92 Å². The van der Waals surface area contributed by atoms with Gasteiger partial charge in [-0.05, 0) is 6.42 Å². The summed E-state index contributed by atoms with van der Waals surface area (Å²) in [6.45, 7) is 4.34. The van der Waals surface area contributed by atoms with Crippen molar-refractivity contribution in [3.8, 4) is 11.1 Å². The molecule has 0 spiro atoms. The number of benzene rings is 1. The minimum atomic E-state index is 0. The zero-order valence-corrected chi connectivity index (χ0v) is 15.1. The van der Waals surface area contributed by atoms with Crippen LogP contribution in [0.3, 0.4) is 0 Å². The van der Waals surface area contributed by atoms with Gasteiger partial charge < -0.3 is 24.8 Å². The Morgan fingerprint density at radius 3 is 2.00 bits per heavy atom. The van der Waals surface area contributed by atoms with E-state index in [0.717, 1.165) is 6.42 Å². The average Bonchev–Trinajstić information content (AvgIpc) is 2.65. The fourth-order valence-electron chi connectivity index (χ4n) is 1.75. The molecule has 2 aromatic rings. The van der Waals surface area contributed by atoms with E-state index in [-0.39, 0.29) is 50.7 Å². The van der Waals surface area contributed by atoms with E-state index in [1.54, 1.807) is 0 Å². The van der Waals surface area contributed by atoms with E-state index < -0.39 is 0 Å². The van der Waals surface area contributed by atoms with Crippen molar-refractivity contribution in [2.75, 3.05) is 0 Å². The molecule has 0 aliphatic carbocycles. The summed E-state index contributed by atoms with van der Waals surface area (Å²) in [5, 5.41) is 0. The van der Waals surface area contributed by atoms with Crippen LogP contribution in [-0.4, -0.2) is 0 Å². The fraction of sp³-hybridized carbons (Fsp3) is 0.214. The van der Waals surface area contributed by atoms with Gasteiger partial charge >= 0.3 is 0 Å². The summed E-state index contributed by atoms with van der Waals surface area (Å²) < 4.78 is 0. The molecular weight excluding hydrogens is 418 g/mol. The first-order valence-corrected chi connectivity index (χ1v) is 5.13. The molecule has 0 aliphatic heterocycles. The summed E-state index contributed by atoms with van der Waals surface area (Å²) in [4.78, 5) is 0. The number of hydrogen-bond donors (Lipinski definition) is 0. The van der Waals surface area contributed by atoms with Crippen molar-refractivity contribution in [1.82, 2.24) is 0 Å². The zero-order chi connectivity index (χ0) is 9.97. The summed E-state index contributed by atoms with van der Waals surface area (Å²) in [5.74, 6) is 0. The van der Waals surface area contributed by atoms with Crippen LogP contribution in [0.5, 0.6) is 0 Å². The van der Waals surface area contributed by atoms with Gasteiger partial charge in [-0.2, -0.15) is 6.07 Å². The van der Waals surface area contributed by atoms with Gasteiger partial charge in [-0.15, -0.1) is 35.4 Å². The molecular formula is C14H15Cl2Hf-3. The van der Waals surface area contributed by atoms with Crippen LogP contribution in [0.4, 0.5) is 0 Å². The molecule has 0 bridgehead atoms. The summed E-state index contributed by atoms with van der Waals surface area (Å²) in [6.07, 6.45) is 1.11. The maximum atomic E-state index is 2.21. The van der Waals surface area contributed by atoms with Crippen molar-refractivity contribution < 1.29 is 50.7 Å². The maximum Gasteiger partial charge on any atom is 0 e. The van der Waals surface area contributed by atoms with Gasteiger partial charge in [-0.3, -0.25) is 0 Å². The molecule has 0 radical (unpaired) electrons. The molecule has 0 unspecified atom stereocenters. The normalized spacial score (nSPS) is 8.59. The van der Waals surface area contributed by atoms with Crippen molar-refractivity contribution in [1.29, 1.82) is 0 Å². The summed E-state index contributed by atoms with van der Waals surface area (Å²) in [5.41, 5.74) is 5.43. The van der Waals surface area contributed by atoms with E-state index >= 15 is 0 Å². The van der Waals surface area contributed by atoms with Gasteiger partial charge in [0.1, 0.15) is 0 Å². The van der Waals surface area contributed by atoms with Crippen LogP contribution in [0.1, 0.15) is 18.1 Å². The fourth-order valence-corrected chi connectivity index (χ4v) is 1.75. The molecule has 0 heterocycles. The molecule has 0 aliphatic rings. The first-order chi connectivity index (χ1) is 6.81. The topological polar surface area (TPSA) is 0 Å². The molecule has 0 nitrogen and oxygen atoms in total. The Morgan fingerprint density at radius 2 is 1.59 bits per heavy atom. The number of aryl methyl sites for hydroxylation is 2. The third-order valence-electron chi connectivity index (χ3n) is 2.71. The molecule has 0 atom stereocenters. The van der Waals surface area contributed by atoms with E-state index in [4.69, 9.17) is 0 Å². The summed E-state index contributed by atoms with van der Waals surface area (Å²) >= 11 is 0. The SMILES string of the molecule is CCc1ccc(-[c-]2cccc2C)cc1.[Cl-].[Cl-].[Hf]. The number of hydrogen-bond acceptors (Lipinski definition) is 0. The monoisotopic (exact) mass is 433 g/mol. The van der Waals surface area contributed by atoms with Crippen LogP contribution in [0.15, 0.2) is 42.5 Å². The van der Waals surface area contributed by atoms with Gasteiger partial charge in [0.2, 0.25) is 0 Å². The predicted octanol–water partition coefficient (Wildman–Crippen LogP) is -2.05. The molecule has 2 aromatic carbocycles. The van der Waals surface area contributed by atoms with E-state index in [1.165, 1.54) is 22.3 Å². The average molecular weight is 433 g/mol. The molecule has 17 heavy (non-hydrogen) atoms. The van der Waals surface area contributed by atoms with E-state index in [0.29, 0.717) is 0 Å². The van der Waals surface area contributed by atoms with Crippen LogP contribution >= 0.6 is 0 Å². The molecule has 0 saturated carbocycles. The largest absolute Gasteiger partial charge is 1.00 e. The first-order valence-electron chi connectivity index (χ1n) is 5.13. The number of halogens is 2. The van der Waals surface area contributed by atoms with E-state index in [2.05, 4.69) is 56.3 Å². The van der Waals surface area contributed by atoms with Gasteiger partial charge in [-0.25, -0.2) is 0 Å². The molecule has 3 heteroatoms. The molecule has 0 saturated heterocycles. The second-order valence-electron chi connectivity index (χ2n) is 3.67. The van der Waals surface area contributed by atoms with Crippen molar-refractivity contribution in [2.24, 2.45) is 0 Å². The Morgan fingerprint density at radius 1 is 1.00 bits per heavy atom. The third kappa shape index (κ3) is 4.65. The summed E-state index contributed by atoms with van der Waals surface area (Å²) in [6, 6.07) is 15.3. The quantitative estimate of drug-likeness (QED) is 0.379. The minimum absolute atomic E-state index is 0. The minimum Gasteiger partial charge on any atom is -1.00 e. The Bertz CT molecular complexity index is 418. The van der Waals surface area contributed by atoms with Crippen LogP contribution in [0.25, 0.3) is 11.1 Å². The smallest absolute Gasteiger partial charge is 0 e. The standard InChI is InChI=1S/C14H15.2ClH.Hf/c1-3-12-7-9-13(10-8-12)14-6-4-5-11(14)2;;;/h4-10H,3H2,1-2H3;2*1H;/q-1;;;/p-2. The second kappa shape index (κ2) is 9.02. The predicted molar refractivity (Wildman–Crippen MR) is 61.6 cm³/mol. The van der Waals surface area contributed by atoms with Gasteiger partial charge in [0, 0.05) is 25.8 Å². The van der Waals surface area contributed by atoms with Crippen LogP contribution in [0.2, 0.25) is 0 Å². The van der Waals surface area contributed by atoms with Crippen molar-refractivity contribution >= 4 is 0 Å². The maximum absolute atomic E-state index is 2.21. The Kier molecular flexibility index (Phi) is 10.3. The zero-order valence-electron chi connectivity index (χ0n) is 10.0. The molecule has 0 amide bonds. The molecule has 0 aromatic heterocycles. The Labute approximate surface area is 135 Å². The third-order valence-corrected chi connectivity index (χ3v) is 2.71. The second-order valence-corrected chi connectivity index (χ2v) is 3.67. The van der Waals surface area contributed by atoms with Gasteiger partial charge in [0.15, 0.2) is 0 Å². The molecule has 0 N–H and O–H groups in total. The summed E-state index contributed by atoms with van der Waals surface area (Å²) in [7, 11) is 0. The van der Waals surface area contributed by atoms with Crippen LogP contribution in [-0.2, 0) is 32.3 Å². The van der Waals surface area contributed by atoms with Gasteiger partial charge in [0.25, 0.3) is 0 Å². The molecule has 0 fully saturated rings. The first kappa shape index (κ1) is 19.4. The van der Waals surface area contributed by atoms with E-state index in [1.807, 2.05) is 0 Å². The molecule has 2 rings (SSSR count). The van der Waals surface area contributed by atoms with Crippen molar-refractivity contribution in [2.45, 2.75) is 20.3 Å². The van der Waals surface area contributed by atoms with Crippen molar-refractivity contribution in [3.63, 3.8) is 0 Å². The van der Waals surface area contributed by atoms with Crippen LogP contribution < -0.4 is 24.8 Å².